The smallest absolute Gasteiger partial charge is 0.228 e. The molecule has 1 fully saturated rings. The lowest BCUT2D eigenvalue weighted by atomic mass is 10.2. The zero-order valence-corrected chi connectivity index (χ0v) is 11.7. The normalized spacial score (nSPS) is 19.5. The highest BCUT2D eigenvalue weighted by Crippen LogP contribution is 2.21. The van der Waals surface area contributed by atoms with E-state index < -0.39 is 0 Å². The fourth-order valence-electron chi connectivity index (χ4n) is 2.68. The van der Waals surface area contributed by atoms with Gasteiger partial charge < -0.3 is 10.0 Å². The van der Waals surface area contributed by atoms with Gasteiger partial charge in [-0.3, -0.25) is 9.20 Å². The number of rotatable bonds is 3. The summed E-state index contributed by atoms with van der Waals surface area (Å²) in [7, 11) is 0. The molecule has 1 atom stereocenters. The van der Waals surface area contributed by atoms with Gasteiger partial charge >= 0.3 is 0 Å². The van der Waals surface area contributed by atoms with E-state index in [-0.39, 0.29) is 18.6 Å². The van der Waals surface area contributed by atoms with E-state index in [4.69, 9.17) is 0 Å². The van der Waals surface area contributed by atoms with Crippen LogP contribution in [0.3, 0.4) is 0 Å². The number of aliphatic hydroxyl groups is 1. The van der Waals surface area contributed by atoms with Crippen LogP contribution in [0.5, 0.6) is 0 Å². The van der Waals surface area contributed by atoms with Gasteiger partial charge in [0.1, 0.15) is 0 Å². The number of carbonyl (C=O) groups excluding carboxylic acids is 1. The van der Waals surface area contributed by atoms with Crippen LogP contribution in [-0.4, -0.2) is 44.5 Å². The van der Waals surface area contributed by atoms with Crippen LogP contribution in [0.25, 0.3) is 4.96 Å². The summed E-state index contributed by atoms with van der Waals surface area (Å²) in [6.45, 7) is 2.78. The van der Waals surface area contributed by atoms with Gasteiger partial charge in [-0.1, -0.05) is 0 Å². The molecule has 0 saturated carbocycles. The monoisotopic (exact) mass is 279 g/mol. The average molecular weight is 279 g/mol. The first-order valence-corrected chi connectivity index (χ1v) is 7.39. The van der Waals surface area contributed by atoms with E-state index >= 15 is 0 Å². The van der Waals surface area contributed by atoms with Crippen LogP contribution in [0, 0.1) is 6.92 Å². The van der Waals surface area contributed by atoms with Crippen molar-refractivity contribution in [2.24, 2.45) is 0 Å². The van der Waals surface area contributed by atoms with E-state index in [0.717, 1.165) is 35.7 Å². The Morgan fingerprint density at radius 1 is 1.63 bits per heavy atom. The van der Waals surface area contributed by atoms with Gasteiger partial charge in [0.2, 0.25) is 5.91 Å². The van der Waals surface area contributed by atoms with Gasteiger partial charge in [0, 0.05) is 23.8 Å². The second-order valence-electron chi connectivity index (χ2n) is 5.00. The molecular formula is C13H17N3O2S. The Morgan fingerprint density at radius 3 is 3.26 bits per heavy atom. The molecule has 5 nitrogen and oxygen atoms in total. The van der Waals surface area contributed by atoms with Crippen molar-refractivity contribution in [1.82, 2.24) is 14.3 Å². The zero-order valence-electron chi connectivity index (χ0n) is 10.9. The molecular weight excluding hydrogens is 262 g/mol. The molecule has 0 radical (unpaired) electrons. The molecule has 102 valence electrons. The fourth-order valence-corrected chi connectivity index (χ4v) is 3.60. The zero-order chi connectivity index (χ0) is 13.4. The number of imidazole rings is 1. The molecule has 1 amide bonds. The maximum Gasteiger partial charge on any atom is 0.228 e. The standard InChI is InChI=1S/C13H17N3O2S/c1-9-6-16-11(8-19-13(16)14-9)5-12(18)15-4-2-3-10(15)7-17/h6,8,10,17H,2-5,7H2,1H3/t10-/m0/s1. The first kappa shape index (κ1) is 12.6. The Balaban J connectivity index is 1.79. The second-order valence-corrected chi connectivity index (χ2v) is 5.84. The number of fused-ring (bicyclic) bond motifs is 1. The van der Waals surface area contributed by atoms with E-state index in [0.29, 0.717) is 6.42 Å². The van der Waals surface area contributed by atoms with Crippen LogP contribution >= 0.6 is 11.3 Å². The number of hydrogen-bond donors (Lipinski definition) is 1. The minimum absolute atomic E-state index is 0.00569. The molecule has 1 aliphatic rings. The number of carbonyl (C=O) groups is 1. The number of aliphatic hydroxyl groups excluding tert-OH is 1. The average Bonchev–Trinajstić information content (AvgIpc) is 3.05. The van der Waals surface area contributed by atoms with Crippen molar-refractivity contribution < 1.29 is 9.90 Å². The van der Waals surface area contributed by atoms with Crippen molar-refractivity contribution in [2.75, 3.05) is 13.2 Å². The van der Waals surface area contributed by atoms with E-state index in [2.05, 4.69) is 4.98 Å². The van der Waals surface area contributed by atoms with Gasteiger partial charge in [-0.2, -0.15) is 0 Å². The van der Waals surface area contributed by atoms with Crippen LogP contribution in [-0.2, 0) is 11.2 Å². The van der Waals surface area contributed by atoms with E-state index in [9.17, 15) is 9.90 Å². The molecule has 0 bridgehead atoms. The molecule has 1 saturated heterocycles. The summed E-state index contributed by atoms with van der Waals surface area (Å²) < 4.78 is 1.99. The Labute approximate surface area is 115 Å². The third-order valence-electron chi connectivity index (χ3n) is 3.64. The van der Waals surface area contributed by atoms with Gasteiger partial charge in [0.15, 0.2) is 4.96 Å². The summed E-state index contributed by atoms with van der Waals surface area (Å²) in [5.74, 6) is 0.0996. The van der Waals surface area contributed by atoms with Crippen LogP contribution < -0.4 is 0 Å². The fraction of sp³-hybridized carbons (Fsp3) is 0.538. The van der Waals surface area contributed by atoms with Crippen molar-refractivity contribution in [3.63, 3.8) is 0 Å². The number of aromatic nitrogens is 2. The van der Waals surface area contributed by atoms with Gasteiger partial charge in [-0.15, -0.1) is 11.3 Å². The Morgan fingerprint density at radius 2 is 2.47 bits per heavy atom. The molecule has 3 heterocycles. The molecule has 0 unspecified atom stereocenters. The number of nitrogens with zero attached hydrogens (tertiary/aromatic N) is 3. The first-order valence-electron chi connectivity index (χ1n) is 6.51. The molecule has 19 heavy (non-hydrogen) atoms. The SMILES string of the molecule is Cc1cn2c(CC(=O)N3CCC[C@H]3CO)csc2n1. The maximum atomic E-state index is 12.3. The first-order chi connectivity index (χ1) is 9.19. The molecule has 2 aromatic heterocycles. The largest absolute Gasteiger partial charge is 0.394 e. The molecule has 3 rings (SSSR count). The van der Waals surface area contributed by atoms with Crippen LogP contribution in [0.4, 0.5) is 0 Å². The molecule has 0 aromatic carbocycles. The molecule has 1 N–H and O–H groups in total. The molecule has 6 heteroatoms. The molecule has 0 aliphatic carbocycles. The van der Waals surface area contributed by atoms with Gasteiger partial charge in [-0.25, -0.2) is 4.98 Å². The van der Waals surface area contributed by atoms with Gasteiger partial charge in [0.25, 0.3) is 0 Å². The number of hydrogen-bond acceptors (Lipinski definition) is 4. The summed E-state index contributed by atoms with van der Waals surface area (Å²) in [4.78, 5) is 19.4. The predicted molar refractivity (Wildman–Crippen MR) is 73.3 cm³/mol. The summed E-state index contributed by atoms with van der Waals surface area (Å²) >= 11 is 1.56. The minimum atomic E-state index is 0.00569. The minimum Gasteiger partial charge on any atom is -0.394 e. The van der Waals surface area contributed by atoms with Gasteiger partial charge in [-0.05, 0) is 19.8 Å². The van der Waals surface area contributed by atoms with Crippen molar-refractivity contribution in [1.29, 1.82) is 0 Å². The lowest BCUT2D eigenvalue weighted by Crippen LogP contribution is -2.38. The van der Waals surface area contributed by atoms with Crippen LogP contribution in [0.2, 0.25) is 0 Å². The van der Waals surface area contributed by atoms with Gasteiger partial charge in [0.05, 0.1) is 24.8 Å². The maximum absolute atomic E-state index is 12.3. The highest BCUT2D eigenvalue weighted by atomic mass is 32.1. The summed E-state index contributed by atoms with van der Waals surface area (Å²) in [5.41, 5.74) is 1.95. The lowest BCUT2D eigenvalue weighted by Gasteiger charge is -2.22. The second kappa shape index (κ2) is 4.94. The van der Waals surface area contributed by atoms with Crippen LogP contribution in [0.1, 0.15) is 24.2 Å². The predicted octanol–water partition coefficient (Wildman–Crippen LogP) is 1.23. The Kier molecular flexibility index (Phi) is 3.28. The Hall–Kier alpha value is -1.40. The van der Waals surface area contributed by atoms with Crippen molar-refractivity contribution in [3.8, 4) is 0 Å². The summed E-state index contributed by atoms with van der Waals surface area (Å²) in [6.07, 6.45) is 4.24. The molecule has 1 aliphatic heterocycles. The van der Waals surface area contributed by atoms with E-state index in [1.807, 2.05) is 27.8 Å². The van der Waals surface area contributed by atoms with Crippen molar-refractivity contribution in [3.05, 3.63) is 23.0 Å². The molecule has 2 aromatic rings. The topological polar surface area (TPSA) is 57.8 Å². The third kappa shape index (κ3) is 2.26. The molecule has 0 spiro atoms. The highest BCUT2D eigenvalue weighted by molar-refractivity contribution is 7.15. The summed E-state index contributed by atoms with van der Waals surface area (Å²) in [6, 6.07) is 0.00569. The highest BCUT2D eigenvalue weighted by Gasteiger charge is 2.28. The summed E-state index contributed by atoms with van der Waals surface area (Å²) in [5, 5.41) is 11.3. The van der Waals surface area contributed by atoms with Crippen molar-refractivity contribution >= 4 is 22.2 Å². The number of thiazole rings is 1. The third-order valence-corrected chi connectivity index (χ3v) is 4.53. The number of aryl methyl sites for hydroxylation is 1. The van der Waals surface area contributed by atoms with E-state index in [1.54, 1.807) is 11.3 Å². The van der Waals surface area contributed by atoms with Crippen LogP contribution in [0.15, 0.2) is 11.6 Å². The van der Waals surface area contributed by atoms with E-state index in [1.165, 1.54) is 0 Å². The number of likely N-dealkylation sites (tertiary alicyclic amines) is 1. The Bertz CT molecular complexity index is 604. The quantitative estimate of drug-likeness (QED) is 0.919. The van der Waals surface area contributed by atoms with Crippen molar-refractivity contribution in [2.45, 2.75) is 32.2 Å². The lowest BCUT2D eigenvalue weighted by molar-refractivity contribution is -0.132. The number of amides is 1.